The van der Waals surface area contributed by atoms with Crippen LogP contribution in [0.3, 0.4) is 0 Å². The van der Waals surface area contributed by atoms with E-state index in [0.717, 1.165) is 5.69 Å². The van der Waals surface area contributed by atoms with Crippen LogP contribution in [0.4, 0.5) is 11.4 Å². The third kappa shape index (κ3) is 5.13. The summed E-state index contributed by atoms with van der Waals surface area (Å²) in [4.78, 5) is 12.5. The Labute approximate surface area is 167 Å². The van der Waals surface area contributed by atoms with Gasteiger partial charge >= 0.3 is 0 Å². The molecule has 0 saturated heterocycles. The first-order chi connectivity index (χ1) is 13.3. The van der Waals surface area contributed by atoms with Gasteiger partial charge in [-0.05, 0) is 74.6 Å². The molecule has 0 aliphatic heterocycles. The minimum atomic E-state index is -3.40. The minimum Gasteiger partial charge on any atom is -0.322 e. The smallest absolute Gasteiger partial charge is 0.255 e. The van der Waals surface area contributed by atoms with Crippen LogP contribution < -0.4 is 10.0 Å². The fraction of sp³-hybridized carbons (Fsp3) is 0.409. The van der Waals surface area contributed by atoms with Crippen molar-refractivity contribution in [3.8, 4) is 0 Å². The van der Waals surface area contributed by atoms with E-state index in [-0.39, 0.29) is 5.91 Å². The summed E-state index contributed by atoms with van der Waals surface area (Å²) in [7, 11) is -3.40. The Morgan fingerprint density at radius 1 is 0.893 bits per heavy atom. The molecule has 1 fully saturated rings. The molecule has 0 atom stereocenters. The number of sulfonamides is 1. The van der Waals surface area contributed by atoms with Gasteiger partial charge in [0.05, 0.1) is 5.25 Å². The first-order valence-corrected chi connectivity index (χ1v) is 11.4. The maximum Gasteiger partial charge on any atom is 0.255 e. The lowest BCUT2D eigenvalue weighted by Gasteiger charge is -2.22. The summed E-state index contributed by atoms with van der Waals surface area (Å²) in [5, 5.41) is 2.38. The lowest BCUT2D eigenvalue weighted by molar-refractivity contribution is 0.102. The van der Waals surface area contributed by atoms with Gasteiger partial charge in [-0.25, -0.2) is 8.42 Å². The molecule has 0 heterocycles. The monoisotopic (exact) mass is 400 g/mol. The summed E-state index contributed by atoms with van der Waals surface area (Å²) in [6.07, 6.45) is 6.43. The van der Waals surface area contributed by atoms with Crippen LogP contribution in [-0.2, 0) is 10.0 Å². The van der Waals surface area contributed by atoms with E-state index >= 15 is 0 Å². The highest BCUT2D eigenvalue weighted by Crippen LogP contribution is 2.33. The summed E-state index contributed by atoms with van der Waals surface area (Å²) in [6, 6.07) is 14.5. The lowest BCUT2D eigenvalue weighted by atomic mass is 9.84. The lowest BCUT2D eigenvalue weighted by Crippen LogP contribution is -2.22. The van der Waals surface area contributed by atoms with Gasteiger partial charge in [0, 0.05) is 16.9 Å². The molecule has 1 saturated carbocycles. The Hall–Kier alpha value is -2.34. The predicted molar refractivity (Wildman–Crippen MR) is 114 cm³/mol. The number of anilines is 2. The number of nitrogens with one attached hydrogen (secondary N) is 2. The molecule has 2 aromatic carbocycles. The Morgan fingerprint density at radius 3 is 2.04 bits per heavy atom. The van der Waals surface area contributed by atoms with Crippen LogP contribution in [-0.4, -0.2) is 19.6 Å². The highest BCUT2D eigenvalue weighted by molar-refractivity contribution is 7.93. The minimum absolute atomic E-state index is 0.219. The van der Waals surface area contributed by atoms with Crippen molar-refractivity contribution in [3.63, 3.8) is 0 Å². The first-order valence-electron chi connectivity index (χ1n) is 9.88. The van der Waals surface area contributed by atoms with Crippen molar-refractivity contribution in [2.45, 2.75) is 57.1 Å². The molecule has 1 aliphatic rings. The number of carbonyl (C=O) groups is 1. The molecule has 28 heavy (non-hydrogen) atoms. The van der Waals surface area contributed by atoms with Gasteiger partial charge in [0.15, 0.2) is 0 Å². The molecule has 1 amide bonds. The fourth-order valence-corrected chi connectivity index (χ4v) is 4.15. The number of carbonyl (C=O) groups excluding carboxylic acids is 1. The molecule has 1 aliphatic carbocycles. The highest BCUT2D eigenvalue weighted by atomic mass is 32.2. The predicted octanol–water partition coefficient (Wildman–Crippen LogP) is 5.14. The Kier molecular flexibility index (Phi) is 6.39. The molecule has 0 bridgehead atoms. The first kappa shape index (κ1) is 20.4. The van der Waals surface area contributed by atoms with Gasteiger partial charge in [0.2, 0.25) is 10.0 Å². The second kappa shape index (κ2) is 8.78. The van der Waals surface area contributed by atoms with Gasteiger partial charge in [0.1, 0.15) is 0 Å². The molecule has 150 valence electrons. The van der Waals surface area contributed by atoms with Gasteiger partial charge in [-0.2, -0.15) is 0 Å². The van der Waals surface area contributed by atoms with Crippen molar-refractivity contribution in [3.05, 3.63) is 59.7 Å². The number of amides is 1. The number of hydrogen-bond donors (Lipinski definition) is 2. The van der Waals surface area contributed by atoms with Crippen molar-refractivity contribution in [2.75, 3.05) is 10.0 Å². The molecule has 0 aromatic heterocycles. The average Bonchev–Trinajstić information content (AvgIpc) is 2.69. The largest absolute Gasteiger partial charge is 0.322 e. The van der Waals surface area contributed by atoms with Crippen LogP contribution in [0.15, 0.2) is 48.5 Å². The van der Waals surface area contributed by atoms with E-state index in [1.807, 2.05) is 12.1 Å². The van der Waals surface area contributed by atoms with E-state index in [9.17, 15) is 13.2 Å². The molecular formula is C22H28N2O3S. The maximum atomic E-state index is 12.5. The summed E-state index contributed by atoms with van der Waals surface area (Å²) in [5.41, 5.74) is 3.03. The highest BCUT2D eigenvalue weighted by Gasteiger charge is 2.17. The van der Waals surface area contributed by atoms with E-state index in [1.165, 1.54) is 37.7 Å². The van der Waals surface area contributed by atoms with Crippen LogP contribution in [0.1, 0.15) is 67.8 Å². The molecule has 0 spiro atoms. The van der Waals surface area contributed by atoms with E-state index < -0.39 is 15.3 Å². The normalized spacial score (nSPS) is 15.4. The van der Waals surface area contributed by atoms with Crippen LogP contribution in [0.5, 0.6) is 0 Å². The molecule has 6 heteroatoms. The average molecular weight is 401 g/mol. The summed E-state index contributed by atoms with van der Waals surface area (Å²) in [6.45, 7) is 3.23. The number of hydrogen-bond acceptors (Lipinski definition) is 3. The van der Waals surface area contributed by atoms with Gasteiger partial charge in [-0.3, -0.25) is 9.52 Å². The van der Waals surface area contributed by atoms with Crippen molar-refractivity contribution < 1.29 is 13.2 Å². The molecule has 3 rings (SSSR count). The van der Waals surface area contributed by atoms with Gasteiger partial charge in [-0.15, -0.1) is 0 Å². The Balaban J connectivity index is 1.61. The Bertz CT molecular complexity index is 898. The van der Waals surface area contributed by atoms with Crippen molar-refractivity contribution >= 4 is 27.3 Å². The van der Waals surface area contributed by atoms with E-state index in [1.54, 1.807) is 38.1 Å². The molecular weight excluding hydrogens is 372 g/mol. The molecule has 5 nitrogen and oxygen atoms in total. The Morgan fingerprint density at radius 2 is 1.46 bits per heavy atom. The van der Waals surface area contributed by atoms with E-state index in [0.29, 0.717) is 17.2 Å². The van der Waals surface area contributed by atoms with Crippen molar-refractivity contribution in [1.29, 1.82) is 0 Å². The standard InChI is InChI=1S/C22H28N2O3S/c1-16(2)28(26,27)24-21-14-10-19(11-15-21)22(25)23-20-12-8-18(9-13-20)17-6-4-3-5-7-17/h8-17,24H,3-7H2,1-2H3,(H,23,25). The van der Waals surface area contributed by atoms with Gasteiger partial charge in [-0.1, -0.05) is 31.4 Å². The van der Waals surface area contributed by atoms with Crippen molar-refractivity contribution in [2.24, 2.45) is 0 Å². The quantitative estimate of drug-likeness (QED) is 0.705. The van der Waals surface area contributed by atoms with Crippen LogP contribution in [0.2, 0.25) is 0 Å². The molecule has 2 N–H and O–H groups in total. The van der Waals surface area contributed by atoms with Gasteiger partial charge < -0.3 is 5.32 Å². The second-order valence-corrected chi connectivity index (χ2v) is 9.92. The summed E-state index contributed by atoms with van der Waals surface area (Å²) < 4.78 is 26.3. The zero-order chi connectivity index (χ0) is 20.1. The van der Waals surface area contributed by atoms with Crippen molar-refractivity contribution in [1.82, 2.24) is 0 Å². The van der Waals surface area contributed by atoms with Crippen LogP contribution in [0.25, 0.3) is 0 Å². The zero-order valence-electron chi connectivity index (χ0n) is 16.4. The third-order valence-electron chi connectivity index (χ3n) is 5.27. The van der Waals surface area contributed by atoms with E-state index in [4.69, 9.17) is 0 Å². The number of benzene rings is 2. The topological polar surface area (TPSA) is 75.3 Å². The summed E-state index contributed by atoms with van der Waals surface area (Å²) >= 11 is 0. The molecule has 0 unspecified atom stereocenters. The number of rotatable bonds is 6. The third-order valence-corrected chi connectivity index (χ3v) is 7.03. The summed E-state index contributed by atoms with van der Waals surface area (Å²) in [5.74, 6) is 0.421. The SMILES string of the molecule is CC(C)S(=O)(=O)Nc1ccc(C(=O)Nc2ccc(C3CCCCC3)cc2)cc1. The zero-order valence-corrected chi connectivity index (χ0v) is 17.3. The second-order valence-electron chi connectivity index (χ2n) is 7.68. The molecule has 0 radical (unpaired) electrons. The van der Waals surface area contributed by atoms with E-state index in [2.05, 4.69) is 22.2 Å². The fourth-order valence-electron chi connectivity index (χ4n) is 3.45. The van der Waals surface area contributed by atoms with Crippen LogP contribution >= 0.6 is 0 Å². The molecule has 2 aromatic rings. The maximum absolute atomic E-state index is 12.5. The van der Waals surface area contributed by atoms with Crippen LogP contribution in [0, 0.1) is 0 Å². The van der Waals surface area contributed by atoms with Gasteiger partial charge in [0.25, 0.3) is 5.91 Å².